The Morgan fingerprint density at radius 1 is 1.00 bits per heavy atom. The van der Waals surface area contributed by atoms with Gasteiger partial charge in [0.1, 0.15) is 0 Å². The van der Waals surface area contributed by atoms with Crippen LogP contribution in [-0.4, -0.2) is 16.3 Å². The molecule has 0 aliphatic rings. The molecule has 2 unspecified atom stereocenters. The Labute approximate surface area is 111 Å². The molecular formula is C16H26O2. The highest BCUT2D eigenvalue weighted by atomic mass is 16.3. The molecule has 0 saturated heterocycles. The maximum Gasteiger partial charge on any atom is 0.0790 e. The first kappa shape index (κ1) is 15.2. The SMILES string of the molecule is CCCC(O)CCc1cccc(C(O)CCC)c1. The molecule has 0 aliphatic heterocycles. The lowest BCUT2D eigenvalue weighted by molar-refractivity contribution is 0.154. The second-order valence-corrected chi connectivity index (χ2v) is 5.03. The summed E-state index contributed by atoms with van der Waals surface area (Å²) in [6, 6.07) is 8.11. The third-order valence-electron chi connectivity index (χ3n) is 3.29. The molecule has 102 valence electrons. The molecule has 1 aromatic carbocycles. The molecule has 2 atom stereocenters. The molecular weight excluding hydrogens is 224 g/mol. The van der Waals surface area contributed by atoms with Crippen LogP contribution in [0.3, 0.4) is 0 Å². The number of benzene rings is 1. The average molecular weight is 250 g/mol. The van der Waals surface area contributed by atoms with Gasteiger partial charge in [-0.25, -0.2) is 0 Å². The van der Waals surface area contributed by atoms with Crippen molar-refractivity contribution in [1.29, 1.82) is 0 Å². The molecule has 0 bridgehead atoms. The van der Waals surface area contributed by atoms with Crippen molar-refractivity contribution in [1.82, 2.24) is 0 Å². The third kappa shape index (κ3) is 5.19. The zero-order valence-electron chi connectivity index (χ0n) is 11.6. The number of aliphatic hydroxyl groups excluding tert-OH is 2. The molecule has 0 radical (unpaired) electrons. The molecule has 0 heterocycles. The molecule has 0 spiro atoms. The van der Waals surface area contributed by atoms with Gasteiger partial charge in [-0.15, -0.1) is 0 Å². The first-order valence-corrected chi connectivity index (χ1v) is 7.12. The lowest BCUT2D eigenvalue weighted by atomic mass is 9.99. The van der Waals surface area contributed by atoms with Crippen molar-refractivity contribution in [2.24, 2.45) is 0 Å². The first-order chi connectivity index (χ1) is 8.67. The maximum absolute atomic E-state index is 9.96. The maximum atomic E-state index is 9.96. The minimum absolute atomic E-state index is 0.195. The molecule has 1 rings (SSSR count). The second kappa shape index (κ2) is 8.28. The van der Waals surface area contributed by atoms with E-state index >= 15 is 0 Å². The van der Waals surface area contributed by atoms with Crippen molar-refractivity contribution in [3.63, 3.8) is 0 Å². The summed E-state index contributed by atoms with van der Waals surface area (Å²) in [6.45, 7) is 4.17. The van der Waals surface area contributed by atoms with E-state index in [9.17, 15) is 10.2 Å². The van der Waals surface area contributed by atoms with E-state index in [2.05, 4.69) is 26.0 Å². The van der Waals surface area contributed by atoms with E-state index in [4.69, 9.17) is 0 Å². The Morgan fingerprint density at radius 2 is 1.72 bits per heavy atom. The summed E-state index contributed by atoms with van der Waals surface area (Å²) in [5.74, 6) is 0. The topological polar surface area (TPSA) is 40.5 Å². The van der Waals surface area contributed by atoms with Crippen molar-refractivity contribution in [3.8, 4) is 0 Å². The van der Waals surface area contributed by atoms with Crippen LogP contribution in [0.15, 0.2) is 24.3 Å². The van der Waals surface area contributed by atoms with E-state index in [-0.39, 0.29) is 12.2 Å². The molecule has 2 nitrogen and oxygen atoms in total. The zero-order valence-corrected chi connectivity index (χ0v) is 11.6. The molecule has 0 fully saturated rings. The number of hydrogen-bond acceptors (Lipinski definition) is 2. The van der Waals surface area contributed by atoms with Crippen LogP contribution in [-0.2, 0) is 6.42 Å². The van der Waals surface area contributed by atoms with Gasteiger partial charge < -0.3 is 10.2 Å². The van der Waals surface area contributed by atoms with Crippen molar-refractivity contribution in [2.45, 2.75) is 64.6 Å². The van der Waals surface area contributed by atoms with Crippen molar-refractivity contribution >= 4 is 0 Å². The van der Waals surface area contributed by atoms with E-state index < -0.39 is 0 Å². The molecule has 0 aliphatic carbocycles. The average Bonchev–Trinajstić information content (AvgIpc) is 2.37. The fourth-order valence-electron chi connectivity index (χ4n) is 2.21. The summed E-state index contributed by atoms with van der Waals surface area (Å²) in [6.07, 6.45) is 4.83. The fraction of sp³-hybridized carbons (Fsp3) is 0.625. The predicted octanol–water partition coefficient (Wildman–Crippen LogP) is 3.61. The van der Waals surface area contributed by atoms with Gasteiger partial charge in [-0.3, -0.25) is 0 Å². The van der Waals surface area contributed by atoms with Gasteiger partial charge in [0.25, 0.3) is 0 Å². The van der Waals surface area contributed by atoms with Gasteiger partial charge in [0.05, 0.1) is 12.2 Å². The van der Waals surface area contributed by atoms with E-state index in [0.29, 0.717) is 0 Å². The minimum Gasteiger partial charge on any atom is -0.393 e. The molecule has 0 aromatic heterocycles. The summed E-state index contributed by atoms with van der Waals surface area (Å²) < 4.78 is 0. The number of aryl methyl sites for hydroxylation is 1. The van der Waals surface area contributed by atoms with Crippen LogP contribution < -0.4 is 0 Å². The van der Waals surface area contributed by atoms with Gasteiger partial charge in [-0.2, -0.15) is 0 Å². The van der Waals surface area contributed by atoms with Gasteiger partial charge in [-0.1, -0.05) is 51.0 Å². The highest BCUT2D eigenvalue weighted by Crippen LogP contribution is 2.20. The first-order valence-electron chi connectivity index (χ1n) is 7.12. The van der Waals surface area contributed by atoms with E-state index in [1.54, 1.807) is 0 Å². The highest BCUT2D eigenvalue weighted by molar-refractivity contribution is 5.25. The quantitative estimate of drug-likeness (QED) is 0.740. The van der Waals surface area contributed by atoms with Crippen LogP contribution in [0.2, 0.25) is 0 Å². The molecule has 1 aromatic rings. The Bertz CT molecular complexity index is 336. The molecule has 2 N–H and O–H groups in total. The Kier molecular flexibility index (Phi) is 6.99. The second-order valence-electron chi connectivity index (χ2n) is 5.03. The summed E-state index contributed by atoms with van der Waals surface area (Å²) in [7, 11) is 0. The van der Waals surface area contributed by atoms with Gasteiger partial charge in [0.2, 0.25) is 0 Å². The zero-order chi connectivity index (χ0) is 13.4. The predicted molar refractivity (Wildman–Crippen MR) is 75.5 cm³/mol. The Balaban J connectivity index is 2.54. The Morgan fingerprint density at radius 3 is 2.39 bits per heavy atom. The summed E-state index contributed by atoms with van der Waals surface area (Å²) >= 11 is 0. The molecule has 18 heavy (non-hydrogen) atoms. The smallest absolute Gasteiger partial charge is 0.0790 e. The number of rotatable bonds is 8. The lowest BCUT2D eigenvalue weighted by Crippen LogP contribution is -2.07. The van der Waals surface area contributed by atoms with Gasteiger partial charge >= 0.3 is 0 Å². The fourth-order valence-corrected chi connectivity index (χ4v) is 2.21. The Hall–Kier alpha value is -0.860. The minimum atomic E-state index is -0.351. The van der Waals surface area contributed by atoms with Crippen LogP contribution in [0, 0.1) is 0 Å². The van der Waals surface area contributed by atoms with Crippen LogP contribution in [0.1, 0.15) is 63.2 Å². The largest absolute Gasteiger partial charge is 0.393 e. The van der Waals surface area contributed by atoms with E-state index in [1.807, 2.05) is 12.1 Å². The van der Waals surface area contributed by atoms with E-state index in [1.165, 1.54) is 5.56 Å². The monoisotopic (exact) mass is 250 g/mol. The van der Waals surface area contributed by atoms with Gasteiger partial charge in [0, 0.05) is 0 Å². The van der Waals surface area contributed by atoms with E-state index in [0.717, 1.165) is 44.1 Å². The molecule has 2 heteroatoms. The van der Waals surface area contributed by atoms with Crippen molar-refractivity contribution in [3.05, 3.63) is 35.4 Å². The van der Waals surface area contributed by atoms with Crippen LogP contribution in [0.25, 0.3) is 0 Å². The standard InChI is InChI=1S/C16H26O2/c1-3-6-15(17)11-10-13-8-5-9-14(12-13)16(18)7-4-2/h5,8-9,12,15-18H,3-4,6-7,10-11H2,1-2H3. The number of hydrogen-bond donors (Lipinski definition) is 2. The summed E-state index contributed by atoms with van der Waals surface area (Å²) in [4.78, 5) is 0. The lowest BCUT2D eigenvalue weighted by Gasteiger charge is -2.12. The van der Waals surface area contributed by atoms with Gasteiger partial charge in [-0.05, 0) is 36.8 Å². The highest BCUT2D eigenvalue weighted by Gasteiger charge is 2.08. The normalized spacial score (nSPS) is 14.4. The van der Waals surface area contributed by atoms with Crippen LogP contribution in [0.4, 0.5) is 0 Å². The summed E-state index contributed by atoms with van der Waals surface area (Å²) in [5, 5.41) is 19.7. The number of aliphatic hydroxyl groups is 2. The summed E-state index contributed by atoms with van der Waals surface area (Å²) in [5.41, 5.74) is 2.21. The molecule has 0 amide bonds. The van der Waals surface area contributed by atoms with Crippen LogP contribution in [0.5, 0.6) is 0 Å². The molecule has 0 saturated carbocycles. The van der Waals surface area contributed by atoms with Gasteiger partial charge in [0.15, 0.2) is 0 Å². The van der Waals surface area contributed by atoms with Crippen LogP contribution >= 0.6 is 0 Å². The van der Waals surface area contributed by atoms with Crippen molar-refractivity contribution in [2.75, 3.05) is 0 Å². The van der Waals surface area contributed by atoms with Crippen molar-refractivity contribution < 1.29 is 10.2 Å². The third-order valence-corrected chi connectivity index (χ3v) is 3.29.